The third kappa shape index (κ3) is 2.30. The van der Waals surface area contributed by atoms with Gasteiger partial charge in [0.1, 0.15) is 5.69 Å². The summed E-state index contributed by atoms with van der Waals surface area (Å²) >= 11 is 0. The van der Waals surface area contributed by atoms with Gasteiger partial charge in [0.25, 0.3) is 0 Å². The van der Waals surface area contributed by atoms with E-state index in [4.69, 9.17) is 5.73 Å². The van der Waals surface area contributed by atoms with Gasteiger partial charge in [0.2, 0.25) is 0 Å². The Bertz CT molecular complexity index is 579. The number of nitrogens with two attached hydrogens (primary N) is 1. The van der Waals surface area contributed by atoms with Crippen LogP contribution in [0.4, 0.5) is 5.82 Å². The number of carbonyl (C=O) groups is 1. The van der Waals surface area contributed by atoms with Gasteiger partial charge in [-0.1, -0.05) is 23.8 Å². The molecule has 0 aliphatic heterocycles. The molecule has 1 heterocycles. The molecule has 0 spiro atoms. The molecule has 0 amide bonds. The lowest BCUT2D eigenvalue weighted by Crippen LogP contribution is -2.06. The summed E-state index contributed by atoms with van der Waals surface area (Å²) in [6, 6.07) is 7.86. The van der Waals surface area contributed by atoms with E-state index < -0.39 is 0 Å². The average Bonchev–Trinajstić information content (AvgIpc) is 2.29. The van der Waals surface area contributed by atoms with Crippen LogP contribution in [0.25, 0.3) is 11.3 Å². The summed E-state index contributed by atoms with van der Waals surface area (Å²) in [7, 11) is 0. The topological polar surface area (TPSA) is 68.9 Å². The van der Waals surface area contributed by atoms with Crippen LogP contribution in [0, 0.1) is 6.92 Å². The lowest BCUT2D eigenvalue weighted by atomic mass is 10.1. The first-order valence-corrected chi connectivity index (χ1v) is 5.28. The van der Waals surface area contributed by atoms with Crippen molar-refractivity contribution < 1.29 is 4.79 Å². The Morgan fingerprint density at radius 2 is 2.12 bits per heavy atom. The summed E-state index contributed by atoms with van der Waals surface area (Å²) in [5.41, 5.74) is 8.55. The van der Waals surface area contributed by atoms with Gasteiger partial charge in [-0.15, -0.1) is 0 Å². The third-order valence-corrected chi connectivity index (χ3v) is 2.45. The summed E-state index contributed by atoms with van der Waals surface area (Å²) < 4.78 is 0. The molecule has 4 heteroatoms. The van der Waals surface area contributed by atoms with Crippen molar-refractivity contribution in [2.45, 2.75) is 13.8 Å². The monoisotopic (exact) mass is 227 g/mol. The molecule has 0 aliphatic carbocycles. The molecule has 2 aromatic rings. The molecule has 0 saturated carbocycles. The van der Waals surface area contributed by atoms with E-state index in [0.717, 1.165) is 11.1 Å². The van der Waals surface area contributed by atoms with Crippen molar-refractivity contribution >= 4 is 11.6 Å². The zero-order valence-corrected chi connectivity index (χ0v) is 9.77. The Hall–Kier alpha value is -2.23. The van der Waals surface area contributed by atoms with Crippen molar-refractivity contribution in [1.82, 2.24) is 9.97 Å². The minimum absolute atomic E-state index is 0.175. The number of aryl methyl sites for hydroxylation is 1. The second kappa shape index (κ2) is 4.33. The maximum atomic E-state index is 11.3. The highest BCUT2D eigenvalue weighted by atomic mass is 16.1. The van der Waals surface area contributed by atoms with Gasteiger partial charge in [-0.05, 0) is 13.0 Å². The Balaban J connectivity index is 2.54. The molecule has 1 aromatic heterocycles. The highest BCUT2D eigenvalue weighted by Crippen LogP contribution is 2.19. The van der Waals surface area contributed by atoms with Crippen LogP contribution in [0.2, 0.25) is 0 Å². The van der Waals surface area contributed by atoms with Crippen LogP contribution in [0.1, 0.15) is 23.0 Å². The van der Waals surface area contributed by atoms with Crippen molar-refractivity contribution in [3.63, 3.8) is 0 Å². The van der Waals surface area contributed by atoms with E-state index in [1.165, 1.54) is 6.92 Å². The highest BCUT2D eigenvalue weighted by molar-refractivity contribution is 5.96. The van der Waals surface area contributed by atoms with Crippen LogP contribution in [0.15, 0.2) is 30.5 Å². The van der Waals surface area contributed by atoms with E-state index in [0.29, 0.717) is 5.69 Å². The molecule has 0 aliphatic rings. The molecule has 17 heavy (non-hydrogen) atoms. The summed E-state index contributed by atoms with van der Waals surface area (Å²) in [5, 5.41) is 0. The quantitative estimate of drug-likeness (QED) is 0.799. The smallest absolute Gasteiger partial charge is 0.181 e. The second-order valence-corrected chi connectivity index (χ2v) is 3.91. The van der Waals surface area contributed by atoms with E-state index in [-0.39, 0.29) is 17.3 Å². The van der Waals surface area contributed by atoms with Gasteiger partial charge in [-0.3, -0.25) is 4.79 Å². The molecule has 0 unspecified atom stereocenters. The zero-order valence-electron chi connectivity index (χ0n) is 9.77. The molecule has 0 bridgehead atoms. The number of aromatic nitrogens is 2. The second-order valence-electron chi connectivity index (χ2n) is 3.91. The van der Waals surface area contributed by atoms with Crippen molar-refractivity contribution in [2.24, 2.45) is 0 Å². The Morgan fingerprint density at radius 3 is 2.76 bits per heavy atom. The van der Waals surface area contributed by atoms with Gasteiger partial charge in [0.15, 0.2) is 11.6 Å². The lowest BCUT2D eigenvalue weighted by molar-refractivity contribution is 0.101. The number of anilines is 1. The molecule has 0 saturated heterocycles. The van der Waals surface area contributed by atoms with E-state index in [1.54, 1.807) is 6.20 Å². The van der Waals surface area contributed by atoms with Gasteiger partial charge in [0, 0.05) is 12.5 Å². The van der Waals surface area contributed by atoms with E-state index in [1.807, 2.05) is 31.2 Å². The predicted octanol–water partition coefficient (Wildman–Crippen LogP) is 2.24. The number of Topliss-reactive ketones (excluding diaryl/α,β-unsaturated/α-hetero) is 1. The van der Waals surface area contributed by atoms with Crippen LogP contribution in [-0.2, 0) is 0 Å². The zero-order chi connectivity index (χ0) is 12.4. The molecule has 0 radical (unpaired) electrons. The van der Waals surface area contributed by atoms with E-state index in [9.17, 15) is 4.79 Å². The standard InChI is InChI=1S/C13H13N3O/c1-8-4-3-5-10(6-8)11-7-15-13(14)12(16-11)9(2)17/h3-7H,1-2H3,(H2,14,15). The fraction of sp³-hybridized carbons (Fsp3) is 0.154. The Labute approximate surface area is 99.5 Å². The first-order valence-electron chi connectivity index (χ1n) is 5.28. The van der Waals surface area contributed by atoms with Gasteiger partial charge in [-0.2, -0.15) is 0 Å². The van der Waals surface area contributed by atoms with E-state index >= 15 is 0 Å². The van der Waals surface area contributed by atoms with Crippen molar-refractivity contribution in [3.8, 4) is 11.3 Å². The number of ketones is 1. The minimum atomic E-state index is -0.176. The minimum Gasteiger partial charge on any atom is -0.382 e. The van der Waals surface area contributed by atoms with Crippen LogP contribution >= 0.6 is 0 Å². The lowest BCUT2D eigenvalue weighted by Gasteiger charge is -2.05. The molecule has 0 fully saturated rings. The third-order valence-electron chi connectivity index (χ3n) is 2.45. The van der Waals surface area contributed by atoms with E-state index in [2.05, 4.69) is 9.97 Å². The molecule has 1 aromatic carbocycles. The molecule has 4 nitrogen and oxygen atoms in total. The maximum absolute atomic E-state index is 11.3. The predicted molar refractivity (Wildman–Crippen MR) is 66.6 cm³/mol. The highest BCUT2D eigenvalue weighted by Gasteiger charge is 2.10. The fourth-order valence-corrected chi connectivity index (χ4v) is 1.60. The number of benzene rings is 1. The SMILES string of the molecule is CC(=O)c1nc(-c2cccc(C)c2)cnc1N. The molecular formula is C13H13N3O. The number of hydrogen-bond acceptors (Lipinski definition) is 4. The number of carbonyl (C=O) groups excluding carboxylic acids is 1. The van der Waals surface area contributed by atoms with Crippen LogP contribution in [0.5, 0.6) is 0 Å². The summed E-state index contributed by atoms with van der Waals surface area (Å²) in [4.78, 5) is 19.6. The first-order chi connectivity index (χ1) is 8.08. The fourth-order valence-electron chi connectivity index (χ4n) is 1.60. The van der Waals surface area contributed by atoms with Crippen LogP contribution in [0.3, 0.4) is 0 Å². The summed E-state index contributed by atoms with van der Waals surface area (Å²) in [5.74, 6) is -0.00148. The van der Waals surface area contributed by atoms with Gasteiger partial charge >= 0.3 is 0 Å². The largest absolute Gasteiger partial charge is 0.382 e. The molecule has 86 valence electrons. The van der Waals surface area contributed by atoms with Gasteiger partial charge in [0.05, 0.1) is 11.9 Å². The summed E-state index contributed by atoms with van der Waals surface area (Å²) in [6.45, 7) is 3.43. The van der Waals surface area contributed by atoms with Crippen molar-refractivity contribution in [1.29, 1.82) is 0 Å². The number of rotatable bonds is 2. The van der Waals surface area contributed by atoms with Gasteiger partial charge in [-0.25, -0.2) is 9.97 Å². The van der Waals surface area contributed by atoms with Gasteiger partial charge < -0.3 is 5.73 Å². The van der Waals surface area contributed by atoms with Crippen molar-refractivity contribution in [3.05, 3.63) is 41.7 Å². The molecule has 0 atom stereocenters. The average molecular weight is 227 g/mol. The van der Waals surface area contributed by atoms with Crippen molar-refractivity contribution in [2.75, 3.05) is 5.73 Å². The molecule has 2 rings (SSSR count). The number of hydrogen-bond donors (Lipinski definition) is 1. The van der Waals surface area contributed by atoms with Crippen LogP contribution in [-0.4, -0.2) is 15.8 Å². The molecule has 2 N–H and O–H groups in total. The number of nitrogens with zero attached hydrogens (tertiary/aromatic N) is 2. The Kier molecular flexibility index (Phi) is 2.87. The first kappa shape index (κ1) is 11.3. The normalized spacial score (nSPS) is 10.2. The molecular weight excluding hydrogens is 214 g/mol. The van der Waals surface area contributed by atoms with Crippen LogP contribution < -0.4 is 5.73 Å². The number of nitrogen functional groups attached to an aromatic ring is 1. The Morgan fingerprint density at radius 1 is 1.35 bits per heavy atom. The summed E-state index contributed by atoms with van der Waals surface area (Å²) in [6.07, 6.45) is 1.58. The maximum Gasteiger partial charge on any atom is 0.181 e.